The van der Waals surface area contributed by atoms with Crippen LogP contribution in [0.15, 0.2) is 42.6 Å². The summed E-state index contributed by atoms with van der Waals surface area (Å²) in [4.78, 5) is 11.3. The van der Waals surface area contributed by atoms with Crippen LogP contribution in [0.25, 0.3) is 16.4 Å². The summed E-state index contributed by atoms with van der Waals surface area (Å²) in [5, 5.41) is 9.74. The number of aromatic nitrogens is 1. The van der Waals surface area contributed by atoms with Gasteiger partial charge in [0.25, 0.3) is 5.78 Å². The van der Waals surface area contributed by atoms with E-state index in [4.69, 9.17) is 0 Å². The van der Waals surface area contributed by atoms with Crippen molar-refractivity contribution in [3.8, 4) is 6.07 Å². The van der Waals surface area contributed by atoms with Gasteiger partial charge in [0.15, 0.2) is 0 Å². The molecule has 3 aromatic rings. The van der Waals surface area contributed by atoms with E-state index in [1.54, 1.807) is 28.8 Å². The first-order valence-electron chi connectivity index (χ1n) is 5.98. The molecular weight excluding hydrogens is 281 g/mol. The van der Waals surface area contributed by atoms with Gasteiger partial charge in [-0.1, -0.05) is 18.2 Å². The van der Waals surface area contributed by atoms with Gasteiger partial charge in [-0.05, 0) is 18.2 Å². The van der Waals surface area contributed by atoms with Crippen LogP contribution in [0.3, 0.4) is 0 Å². The van der Waals surface area contributed by atoms with Gasteiger partial charge >= 0.3 is 6.18 Å². The van der Waals surface area contributed by atoms with Gasteiger partial charge in [-0.2, -0.15) is 18.4 Å². The van der Waals surface area contributed by atoms with Gasteiger partial charge in [-0.15, -0.1) is 0 Å². The Labute approximate surface area is 116 Å². The molecule has 104 valence electrons. The molecule has 0 fully saturated rings. The highest BCUT2D eigenvalue weighted by atomic mass is 19.4. The molecule has 0 aliphatic rings. The van der Waals surface area contributed by atoms with Crippen LogP contribution >= 0.6 is 0 Å². The highest BCUT2D eigenvalue weighted by Gasteiger charge is 2.39. The molecule has 0 saturated carbocycles. The van der Waals surface area contributed by atoms with Gasteiger partial charge in [0.1, 0.15) is 6.07 Å². The Kier molecular flexibility index (Phi) is 2.73. The Morgan fingerprint density at radius 2 is 1.90 bits per heavy atom. The molecule has 3 rings (SSSR count). The number of hydrogen-bond donors (Lipinski definition) is 0. The van der Waals surface area contributed by atoms with E-state index in [2.05, 4.69) is 0 Å². The molecule has 0 saturated heterocycles. The molecule has 0 radical (unpaired) electrons. The van der Waals surface area contributed by atoms with E-state index in [1.807, 2.05) is 6.07 Å². The van der Waals surface area contributed by atoms with E-state index in [0.29, 0.717) is 22.0 Å². The molecular formula is C15H7F3N2O. The molecule has 0 aliphatic heterocycles. The molecule has 2 aromatic heterocycles. The summed E-state index contributed by atoms with van der Waals surface area (Å²) in [5.41, 5.74) is 0.920. The number of carbonyl (C=O) groups is 1. The molecule has 21 heavy (non-hydrogen) atoms. The summed E-state index contributed by atoms with van der Waals surface area (Å²) >= 11 is 0. The van der Waals surface area contributed by atoms with Crippen LogP contribution in [-0.4, -0.2) is 16.4 Å². The Bertz CT molecular complexity index is 916. The van der Waals surface area contributed by atoms with Crippen molar-refractivity contribution in [2.24, 2.45) is 0 Å². The second-order valence-corrected chi connectivity index (χ2v) is 4.50. The van der Waals surface area contributed by atoms with Crippen molar-refractivity contribution in [3.63, 3.8) is 0 Å². The van der Waals surface area contributed by atoms with Crippen LogP contribution in [0.4, 0.5) is 13.2 Å². The maximum atomic E-state index is 12.5. The number of Topliss-reactive ketones (excluding diaryl/α,β-unsaturated/α-hetero) is 1. The van der Waals surface area contributed by atoms with Crippen LogP contribution in [0, 0.1) is 11.3 Å². The van der Waals surface area contributed by atoms with Crippen LogP contribution in [0.1, 0.15) is 15.9 Å². The van der Waals surface area contributed by atoms with E-state index in [0.717, 1.165) is 6.07 Å². The lowest BCUT2D eigenvalue weighted by Crippen LogP contribution is -2.22. The first-order chi connectivity index (χ1) is 9.93. The van der Waals surface area contributed by atoms with E-state index in [-0.39, 0.29) is 0 Å². The molecule has 0 bridgehead atoms. The molecule has 0 aliphatic carbocycles. The lowest BCUT2D eigenvalue weighted by Gasteiger charge is -2.05. The van der Waals surface area contributed by atoms with Crippen molar-refractivity contribution in [2.45, 2.75) is 6.18 Å². The standard InChI is InChI=1S/C15H7F3N2O/c16-15(17,18)14(21)9-4-5-10-11(8-19)12-3-1-2-6-20(12)13(10)7-9/h1-7H. The lowest BCUT2D eigenvalue weighted by molar-refractivity contribution is -0.0885. The number of fused-ring (bicyclic) bond motifs is 3. The fourth-order valence-corrected chi connectivity index (χ4v) is 2.36. The van der Waals surface area contributed by atoms with Gasteiger partial charge in [0.2, 0.25) is 0 Å². The molecule has 0 N–H and O–H groups in total. The van der Waals surface area contributed by atoms with Gasteiger partial charge < -0.3 is 4.40 Å². The van der Waals surface area contributed by atoms with Crippen molar-refractivity contribution in [1.82, 2.24) is 4.40 Å². The highest BCUT2D eigenvalue weighted by molar-refractivity contribution is 6.05. The molecule has 1 aromatic carbocycles. The second-order valence-electron chi connectivity index (χ2n) is 4.50. The summed E-state index contributed by atoms with van der Waals surface area (Å²) in [6.07, 6.45) is -3.28. The molecule has 0 amide bonds. The quantitative estimate of drug-likeness (QED) is 0.641. The molecule has 2 heterocycles. The normalized spacial score (nSPS) is 11.7. The predicted molar refractivity (Wildman–Crippen MR) is 70.0 cm³/mol. The zero-order valence-electron chi connectivity index (χ0n) is 10.5. The number of nitrogens with zero attached hydrogens (tertiary/aromatic N) is 2. The number of hydrogen-bond acceptors (Lipinski definition) is 2. The van der Waals surface area contributed by atoms with Crippen LogP contribution < -0.4 is 0 Å². The lowest BCUT2D eigenvalue weighted by atomic mass is 10.1. The van der Waals surface area contributed by atoms with E-state index in [9.17, 15) is 23.2 Å². The average molecular weight is 288 g/mol. The minimum Gasteiger partial charge on any atom is -0.315 e. The van der Waals surface area contributed by atoms with Crippen LogP contribution in [0.2, 0.25) is 0 Å². The summed E-state index contributed by atoms with van der Waals surface area (Å²) in [6.45, 7) is 0. The number of halogens is 3. The zero-order chi connectivity index (χ0) is 15.2. The van der Waals surface area contributed by atoms with E-state index < -0.39 is 17.5 Å². The Morgan fingerprint density at radius 1 is 1.14 bits per heavy atom. The number of carbonyl (C=O) groups excluding carboxylic acids is 1. The molecule has 0 unspecified atom stereocenters. The zero-order valence-corrected chi connectivity index (χ0v) is 10.5. The number of alkyl halides is 3. The topological polar surface area (TPSA) is 45.3 Å². The average Bonchev–Trinajstić information content (AvgIpc) is 2.78. The Balaban J connectivity index is 2.35. The number of nitriles is 1. The number of benzene rings is 1. The summed E-state index contributed by atoms with van der Waals surface area (Å²) in [6, 6.07) is 10.8. The SMILES string of the molecule is N#Cc1c2ccc(C(=O)C(F)(F)F)cc2n2ccccc12. The largest absolute Gasteiger partial charge is 0.454 e. The fraction of sp³-hybridized carbons (Fsp3) is 0.0667. The van der Waals surface area contributed by atoms with Gasteiger partial charge in [0, 0.05) is 17.1 Å². The second kappa shape index (κ2) is 4.35. The molecule has 0 spiro atoms. The van der Waals surface area contributed by atoms with Gasteiger partial charge in [0.05, 0.1) is 16.6 Å². The van der Waals surface area contributed by atoms with Crippen molar-refractivity contribution >= 4 is 22.2 Å². The maximum absolute atomic E-state index is 12.5. The number of pyridine rings is 1. The first-order valence-corrected chi connectivity index (χ1v) is 5.98. The summed E-state index contributed by atoms with van der Waals surface area (Å²) in [5.74, 6) is -1.89. The molecule has 3 nitrogen and oxygen atoms in total. The third-order valence-electron chi connectivity index (χ3n) is 3.27. The first kappa shape index (κ1) is 13.2. The fourth-order valence-electron chi connectivity index (χ4n) is 2.36. The van der Waals surface area contributed by atoms with Crippen molar-refractivity contribution in [1.29, 1.82) is 5.26 Å². The third-order valence-corrected chi connectivity index (χ3v) is 3.27. The minimum absolute atomic E-state index is 0.372. The number of rotatable bonds is 1. The minimum atomic E-state index is -4.92. The molecule has 0 atom stereocenters. The third kappa shape index (κ3) is 1.94. The smallest absolute Gasteiger partial charge is 0.315 e. The van der Waals surface area contributed by atoms with E-state index in [1.165, 1.54) is 12.1 Å². The van der Waals surface area contributed by atoms with Gasteiger partial charge in [-0.25, -0.2) is 0 Å². The van der Waals surface area contributed by atoms with E-state index >= 15 is 0 Å². The summed E-state index contributed by atoms with van der Waals surface area (Å²) < 4.78 is 39.1. The van der Waals surface area contributed by atoms with Crippen LogP contribution in [-0.2, 0) is 0 Å². The maximum Gasteiger partial charge on any atom is 0.454 e. The van der Waals surface area contributed by atoms with Crippen molar-refractivity contribution in [3.05, 3.63) is 53.7 Å². The predicted octanol–water partition coefficient (Wildman–Crippen LogP) is 3.71. The van der Waals surface area contributed by atoms with Crippen molar-refractivity contribution < 1.29 is 18.0 Å². The number of ketones is 1. The van der Waals surface area contributed by atoms with Crippen molar-refractivity contribution in [2.75, 3.05) is 0 Å². The molecule has 6 heteroatoms. The highest BCUT2D eigenvalue weighted by Crippen LogP contribution is 2.29. The Morgan fingerprint density at radius 3 is 2.57 bits per heavy atom. The van der Waals surface area contributed by atoms with Gasteiger partial charge in [-0.3, -0.25) is 4.79 Å². The Hall–Kier alpha value is -2.81. The monoisotopic (exact) mass is 288 g/mol. The van der Waals surface area contributed by atoms with Crippen LogP contribution in [0.5, 0.6) is 0 Å². The summed E-state index contributed by atoms with van der Waals surface area (Å²) in [7, 11) is 0.